The van der Waals surface area contributed by atoms with Crippen LogP contribution in [0, 0.1) is 5.82 Å². The predicted octanol–water partition coefficient (Wildman–Crippen LogP) is 2.74. The minimum absolute atomic E-state index is 0. The average Bonchev–Trinajstić information content (AvgIpc) is 2.55. The highest BCUT2D eigenvalue weighted by Gasteiger charge is 2.13. The molecule has 3 N–H and O–H groups in total. The molecule has 1 aromatic carbocycles. The number of carbonyl (C=O) groups is 1. The SMILES string of the molecule is CCNC(=NCC(=O)NC(C)(C)C)NCCCN(C)c1ccccc1F.I. The van der Waals surface area contributed by atoms with Gasteiger partial charge in [-0.3, -0.25) is 4.79 Å². The molecule has 0 aliphatic rings. The van der Waals surface area contributed by atoms with Gasteiger partial charge in [-0.15, -0.1) is 24.0 Å². The highest BCUT2D eigenvalue weighted by atomic mass is 127. The fourth-order valence-electron chi connectivity index (χ4n) is 2.36. The molecule has 0 aromatic heterocycles. The number of para-hydroxylation sites is 1. The molecule has 1 rings (SSSR count). The van der Waals surface area contributed by atoms with Gasteiger partial charge in [-0.05, 0) is 46.2 Å². The predicted molar refractivity (Wildman–Crippen MR) is 122 cm³/mol. The van der Waals surface area contributed by atoms with E-state index in [1.807, 2.05) is 45.7 Å². The lowest BCUT2D eigenvalue weighted by Gasteiger charge is -2.21. The van der Waals surface area contributed by atoms with E-state index in [1.54, 1.807) is 12.1 Å². The lowest BCUT2D eigenvalue weighted by atomic mass is 10.1. The summed E-state index contributed by atoms with van der Waals surface area (Å²) >= 11 is 0. The summed E-state index contributed by atoms with van der Waals surface area (Å²) in [4.78, 5) is 18.0. The van der Waals surface area contributed by atoms with E-state index in [1.165, 1.54) is 6.07 Å². The topological polar surface area (TPSA) is 68.8 Å². The zero-order chi connectivity index (χ0) is 19.6. The first kappa shape index (κ1) is 25.4. The molecule has 0 aliphatic carbocycles. The van der Waals surface area contributed by atoms with Gasteiger partial charge in [-0.1, -0.05) is 12.1 Å². The van der Waals surface area contributed by atoms with Crippen LogP contribution < -0.4 is 20.9 Å². The van der Waals surface area contributed by atoms with E-state index in [4.69, 9.17) is 0 Å². The maximum atomic E-state index is 13.7. The second-order valence-corrected chi connectivity index (χ2v) is 7.15. The molecule has 27 heavy (non-hydrogen) atoms. The summed E-state index contributed by atoms with van der Waals surface area (Å²) in [5, 5.41) is 9.19. The van der Waals surface area contributed by atoms with Crippen molar-refractivity contribution in [3.63, 3.8) is 0 Å². The Bertz CT molecular complexity index is 604. The summed E-state index contributed by atoms with van der Waals surface area (Å²) in [6.07, 6.45) is 0.809. The smallest absolute Gasteiger partial charge is 0.242 e. The molecule has 0 spiro atoms. The quantitative estimate of drug-likeness (QED) is 0.226. The standard InChI is InChI=1S/C19H32FN5O.HI/c1-6-21-18(23-14-17(26)24-19(2,3)4)22-12-9-13-25(5)16-11-8-7-10-15(16)20;/h7-8,10-11H,6,9,12-14H2,1-5H3,(H,24,26)(H2,21,22,23);1H. The first-order valence-electron chi connectivity index (χ1n) is 9.02. The van der Waals surface area contributed by atoms with Gasteiger partial charge < -0.3 is 20.9 Å². The van der Waals surface area contributed by atoms with Crippen LogP contribution in [-0.2, 0) is 4.79 Å². The van der Waals surface area contributed by atoms with E-state index >= 15 is 0 Å². The van der Waals surface area contributed by atoms with Crippen LogP contribution in [0.15, 0.2) is 29.3 Å². The number of guanidine groups is 1. The van der Waals surface area contributed by atoms with E-state index in [9.17, 15) is 9.18 Å². The molecule has 0 aliphatic heterocycles. The van der Waals surface area contributed by atoms with Crippen molar-refractivity contribution in [3.05, 3.63) is 30.1 Å². The van der Waals surface area contributed by atoms with Crippen molar-refractivity contribution in [1.82, 2.24) is 16.0 Å². The maximum Gasteiger partial charge on any atom is 0.242 e. The van der Waals surface area contributed by atoms with E-state index in [2.05, 4.69) is 20.9 Å². The number of carbonyl (C=O) groups excluding carboxylic acids is 1. The zero-order valence-corrected chi connectivity index (χ0v) is 19.3. The van der Waals surface area contributed by atoms with Gasteiger partial charge in [-0.2, -0.15) is 0 Å². The van der Waals surface area contributed by atoms with E-state index in [0.717, 1.165) is 6.42 Å². The van der Waals surface area contributed by atoms with Gasteiger partial charge in [0, 0.05) is 32.2 Å². The fraction of sp³-hybridized carbons (Fsp3) is 0.579. The number of nitrogens with one attached hydrogen (secondary N) is 3. The number of halogens is 2. The molecule has 154 valence electrons. The molecule has 1 amide bonds. The molecule has 0 unspecified atom stereocenters. The number of benzene rings is 1. The van der Waals surface area contributed by atoms with Crippen LogP contribution in [0.1, 0.15) is 34.1 Å². The Kier molecular flexibility index (Phi) is 12.0. The summed E-state index contributed by atoms with van der Waals surface area (Å²) in [7, 11) is 1.87. The Hall–Kier alpha value is -1.58. The van der Waals surface area contributed by atoms with Crippen LogP contribution in [0.25, 0.3) is 0 Å². The molecule has 0 bridgehead atoms. The van der Waals surface area contributed by atoms with Crippen molar-refractivity contribution in [2.45, 2.75) is 39.7 Å². The van der Waals surface area contributed by atoms with Gasteiger partial charge in [0.1, 0.15) is 12.4 Å². The van der Waals surface area contributed by atoms with Crippen molar-refractivity contribution in [2.75, 3.05) is 38.1 Å². The first-order valence-corrected chi connectivity index (χ1v) is 9.02. The highest BCUT2D eigenvalue weighted by molar-refractivity contribution is 14.0. The average molecular weight is 493 g/mol. The molecule has 0 fully saturated rings. The largest absolute Gasteiger partial charge is 0.372 e. The van der Waals surface area contributed by atoms with Crippen LogP contribution in [0.5, 0.6) is 0 Å². The van der Waals surface area contributed by atoms with Crippen LogP contribution >= 0.6 is 24.0 Å². The van der Waals surface area contributed by atoms with Crippen molar-refractivity contribution < 1.29 is 9.18 Å². The van der Waals surface area contributed by atoms with Gasteiger partial charge in [-0.25, -0.2) is 9.38 Å². The Balaban J connectivity index is 0.00000676. The number of hydrogen-bond acceptors (Lipinski definition) is 3. The second-order valence-electron chi connectivity index (χ2n) is 7.15. The molecular formula is C19H33FIN5O. The molecule has 0 saturated heterocycles. The van der Waals surface area contributed by atoms with Gasteiger partial charge in [0.05, 0.1) is 5.69 Å². The van der Waals surface area contributed by atoms with E-state index in [-0.39, 0.29) is 47.8 Å². The molecule has 1 aromatic rings. The summed E-state index contributed by atoms with van der Waals surface area (Å²) in [6, 6.07) is 6.74. The van der Waals surface area contributed by atoms with Crippen molar-refractivity contribution in [1.29, 1.82) is 0 Å². The monoisotopic (exact) mass is 493 g/mol. The first-order chi connectivity index (χ1) is 12.2. The van der Waals surface area contributed by atoms with Gasteiger partial charge in [0.15, 0.2) is 5.96 Å². The number of hydrogen-bond donors (Lipinski definition) is 3. The minimum Gasteiger partial charge on any atom is -0.372 e. The molecule has 0 saturated carbocycles. The third-order valence-corrected chi connectivity index (χ3v) is 3.47. The van der Waals surface area contributed by atoms with Gasteiger partial charge in [0.25, 0.3) is 0 Å². The van der Waals surface area contributed by atoms with Crippen LogP contribution in [0.4, 0.5) is 10.1 Å². The molecule has 0 radical (unpaired) electrons. The van der Waals surface area contributed by atoms with Gasteiger partial charge >= 0.3 is 0 Å². The zero-order valence-electron chi connectivity index (χ0n) is 16.9. The van der Waals surface area contributed by atoms with Crippen molar-refractivity contribution >= 4 is 41.5 Å². The van der Waals surface area contributed by atoms with Crippen molar-refractivity contribution in [2.24, 2.45) is 4.99 Å². The third kappa shape index (κ3) is 11.0. The minimum atomic E-state index is -0.268. The fourth-order valence-corrected chi connectivity index (χ4v) is 2.36. The molecular weight excluding hydrogens is 460 g/mol. The lowest BCUT2D eigenvalue weighted by Crippen LogP contribution is -2.43. The summed E-state index contributed by atoms with van der Waals surface area (Å²) < 4.78 is 13.7. The second kappa shape index (κ2) is 12.7. The summed E-state index contributed by atoms with van der Waals surface area (Å²) in [5.41, 5.74) is 0.322. The van der Waals surface area contributed by atoms with Gasteiger partial charge in [0.2, 0.25) is 5.91 Å². The lowest BCUT2D eigenvalue weighted by molar-refractivity contribution is -0.121. The van der Waals surface area contributed by atoms with Crippen LogP contribution in [-0.4, -0.2) is 50.6 Å². The number of aliphatic imine (C=N–C) groups is 1. The number of nitrogens with zero attached hydrogens (tertiary/aromatic N) is 2. The summed E-state index contributed by atoms with van der Waals surface area (Å²) in [6.45, 7) is 9.93. The third-order valence-electron chi connectivity index (χ3n) is 3.47. The van der Waals surface area contributed by atoms with Crippen molar-refractivity contribution in [3.8, 4) is 0 Å². The Morgan fingerprint density at radius 2 is 1.89 bits per heavy atom. The Morgan fingerprint density at radius 1 is 1.22 bits per heavy atom. The normalized spacial score (nSPS) is 11.4. The van der Waals surface area contributed by atoms with E-state index < -0.39 is 0 Å². The molecule has 0 heterocycles. The number of amides is 1. The molecule has 0 atom stereocenters. The number of anilines is 1. The number of rotatable bonds is 8. The van der Waals surface area contributed by atoms with Crippen LogP contribution in [0.2, 0.25) is 0 Å². The molecule has 8 heteroatoms. The summed E-state index contributed by atoms with van der Waals surface area (Å²) in [5.74, 6) is 0.266. The Morgan fingerprint density at radius 3 is 2.48 bits per heavy atom. The maximum absolute atomic E-state index is 13.7. The van der Waals surface area contributed by atoms with Crippen LogP contribution in [0.3, 0.4) is 0 Å². The van der Waals surface area contributed by atoms with E-state index in [0.29, 0.717) is 31.3 Å². The highest BCUT2D eigenvalue weighted by Crippen LogP contribution is 2.16. The molecule has 6 nitrogen and oxygen atoms in total. The Labute approximate surface area is 179 Å².